The summed E-state index contributed by atoms with van der Waals surface area (Å²) in [5.74, 6) is 0.998. The first-order chi connectivity index (χ1) is 17.6. The molecule has 1 aliphatic heterocycles. The predicted molar refractivity (Wildman–Crippen MR) is 137 cm³/mol. The molecule has 2 aromatic carbocycles. The molecule has 2 atom stereocenters. The van der Waals surface area contributed by atoms with Crippen LogP contribution >= 0.6 is 0 Å². The molecule has 2 aliphatic carbocycles. The topological polar surface area (TPSA) is 77.4 Å². The molecule has 0 saturated heterocycles. The number of hydrogen-bond donors (Lipinski definition) is 0. The number of benzene rings is 2. The van der Waals surface area contributed by atoms with E-state index in [1.165, 1.54) is 0 Å². The van der Waals surface area contributed by atoms with E-state index in [9.17, 15) is 9.59 Å². The Balaban J connectivity index is 1.43. The molecule has 0 aromatic heterocycles. The maximum absolute atomic E-state index is 13.3. The van der Waals surface area contributed by atoms with Crippen molar-refractivity contribution in [3.8, 4) is 11.5 Å². The summed E-state index contributed by atoms with van der Waals surface area (Å²) in [5, 5.41) is 6.41. The van der Waals surface area contributed by atoms with Gasteiger partial charge in [0.2, 0.25) is 0 Å². The van der Waals surface area contributed by atoms with E-state index in [0.29, 0.717) is 0 Å². The zero-order valence-electron chi connectivity index (χ0n) is 20.8. The quantitative estimate of drug-likeness (QED) is 0.503. The van der Waals surface area contributed by atoms with Crippen LogP contribution in [0.25, 0.3) is 6.08 Å². The highest BCUT2D eigenvalue weighted by Crippen LogP contribution is 2.44. The van der Waals surface area contributed by atoms with Crippen LogP contribution in [0.15, 0.2) is 59.2 Å². The minimum Gasteiger partial charge on any atom is -0.497 e. The van der Waals surface area contributed by atoms with Crippen LogP contribution in [0.3, 0.4) is 0 Å². The molecule has 0 bridgehead atoms. The van der Waals surface area contributed by atoms with Gasteiger partial charge in [-0.15, -0.1) is 0 Å². The van der Waals surface area contributed by atoms with E-state index < -0.39 is 0 Å². The van der Waals surface area contributed by atoms with Crippen molar-refractivity contribution in [3.63, 3.8) is 0 Å². The van der Waals surface area contributed by atoms with Gasteiger partial charge in [-0.1, -0.05) is 30.7 Å². The Hall–Kier alpha value is -3.61. The second-order valence-corrected chi connectivity index (χ2v) is 9.62. The number of ether oxygens (including phenoxy) is 3. The van der Waals surface area contributed by atoms with Crippen LogP contribution < -0.4 is 9.47 Å². The lowest BCUT2D eigenvalue weighted by Gasteiger charge is -2.30. The molecular formula is C29H32N2O5. The van der Waals surface area contributed by atoms with Crippen molar-refractivity contribution in [3.05, 3.63) is 65.2 Å². The van der Waals surface area contributed by atoms with E-state index in [-0.39, 0.29) is 36.4 Å². The lowest BCUT2D eigenvalue weighted by atomic mass is 9.77. The summed E-state index contributed by atoms with van der Waals surface area (Å²) in [4.78, 5) is 25.6. The molecule has 188 valence electrons. The molecule has 7 heteroatoms. The van der Waals surface area contributed by atoms with Gasteiger partial charge in [-0.25, -0.2) is 5.01 Å². The number of amides is 1. The SMILES string of the molecule is COc1ccc(C=C2CCCC3C2=NN(C(=O)COC(=O)C2CCC2)C3c2ccc(OC)cc2)cc1. The van der Waals surface area contributed by atoms with Crippen LogP contribution in [0.5, 0.6) is 11.5 Å². The van der Waals surface area contributed by atoms with Gasteiger partial charge in [0.15, 0.2) is 6.61 Å². The number of esters is 1. The summed E-state index contributed by atoms with van der Waals surface area (Å²) in [6.07, 6.45) is 7.72. The molecule has 0 N–H and O–H groups in total. The van der Waals surface area contributed by atoms with Gasteiger partial charge >= 0.3 is 5.97 Å². The summed E-state index contributed by atoms with van der Waals surface area (Å²) < 4.78 is 16.0. The van der Waals surface area contributed by atoms with Crippen molar-refractivity contribution in [2.24, 2.45) is 16.9 Å². The molecule has 7 nitrogen and oxygen atoms in total. The minimum atomic E-state index is -0.297. The van der Waals surface area contributed by atoms with E-state index in [4.69, 9.17) is 19.3 Å². The second-order valence-electron chi connectivity index (χ2n) is 9.62. The van der Waals surface area contributed by atoms with Crippen molar-refractivity contribution in [2.75, 3.05) is 20.8 Å². The first-order valence-electron chi connectivity index (χ1n) is 12.6. The van der Waals surface area contributed by atoms with Crippen LogP contribution in [0.4, 0.5) is 0 Å². The van der Waals surface area contributed by atoms with E-state index in [1.54, 1.807) is 19.2 Å². The molecule has 1 heterocycles. The molecule has 0 radical (unpaired) electrons. The summed E-state index contributed by atoms with van der Waals surface area (Å²) >= 11 is 0. The van der Waals surface area contributed by atoms with Crippen molar-refractivity contribution in [2.45, 2.75) is 44.6 Å². The zero-order chi connectivity index (χ0) is 25.1. The Morgan fingerprint density at radius 2 is 1.61 bits per heavy atom. The van der Waals surface area contributed by atoms with Crippen LogP contribution in [0, 0.1) is 11.8 Å². The Labute approximate surface area is 211 Å². The van der Waals surface area contributed by atoms with Gasteiger partial charge < -0.3 is 14.2 Å². The highest BCUT2D eigenvalue weighted by molar-refractivity contribution is 6.08. The van der Waals surface area contributed by atoms with E-state index in [0.717, 1.165) is 72.4 Å². The van der Waals surface area contributed by atoms with Gasteiger partial charge in [0.25, 0.3) is 5.91 Å². The number of carbonyl (C=O) groups is 2. The molecule has 5 rings (SSSR count). The standard InChI is InChI=1S/C29H32N2O5/c1-34-23-13-9-19(10-14-23)17-22-7-4-8-25-27(22)30-31(26(32)18-36-29(33)21-5-3-6-21)28(25)20-11-15-24(35-2)16-12-20/h9-17,21,25,28H,3-8,18H2,1-2H3. The molecular weight excluding hydrogens is 456 g/mol. The average Bonchev–Trinajstić information content (AvgIpc) is 3.27. The molecule has 2 saturated carbocycles. The monoisotopic (exact) mass is 488 g/mol. The Bertz CT molecular complexity index is 1170. The first-order valence-corrected chi connectivity index (χ1v) is 12.6. The van der Waals surface area contributed by atoms with Crippen molar-refractivity contribution in [1.82, 2.24) is 5.01 Å². The third-order valence-corrected chi connectivity index (χ3v) is 7.45. The number of nitrogens with zero attached hydrogens (tertiary/aromatic N) is 2. The second kappa shape index (κ2) is 10.6. The maximum Gasteiger partial charge on any atom is 0.309 e. The van der Waals surface area contributed by atoms with Gasteiger partial charge in [0.05, 0.1) is 31.9 Å². The van der Waals surface area contributed by atoms with Gasteiger partial charge in [-0.3, -0.25) is 9.59 Å². The van der Waals surface area contributed by atoms with Crippen molar-refractivity contribution < 1.29 is 23.8 Å². The van der Waals surface area contributed by atoms with Crippen LogP contribution in [0.2, 0.25) is 0 Å². The highest BCUT2D eigenvalue weighted by atomic mass is 16.5. The van der Waals surface area contributed by atoms with Gasteiger partial charge in [0.1, 0.15) is 11.5 Å². The zero-order valence-corrected chi connectivity index (χ0v) is 20.8. The molecule has 1 amide bonds. The fourth-order valence-electron chi connectivity index (χ4n) is 5.20. The Kier molecular flexibility index (Phi) is 7.07. The van der Waals surface area contributed by atoms with Gasteiger partial charge in [-0.05, 0) is 79.1 Å². The van der Waals surface area contributed by atoms with Crippen LogP contribution in [0.1, 0.15) is 55.7 Å². The summed E-state index contributed by atoms with van der Waals surface area (Å²) in [6, 6.07) is 15.5. The first kappa shape index (κ1) is 24.1. The summed E-state index contributed by atoms with van der Waals surface area (Å²) in [7, 11) is 3.29. The number of hydrazone groups is 1. The lowest BCUT2D eigenvalue weighted by Crippen LogP contribution is -2.35. The number of allylic oxidation sites excluding steroid dienone is 1. The Morgan fingerprint density at radius 1 is 0.944 bits per heavy atom. The molecule has 2 aromatic rings. The highest BCUT2D eigenvalue weighted by Gasteiger charge is 2.44. The molecule has 0 spiro atoms. The van der Waals surface area contributed by atoms with Gasteiger partial charge in [-0.2, -0.15) is 5.10 Å². The number of fused-ring (bicyclic) bond motifs is 1. The fraction of sp³-hybridized carbons (Fsp3) is 0.414. The van der Waals surface area contributed by atoms with Crippen LogP contribution in [-0.2, 0) is 14.3 Å². The third-order valence-electron chi connectivity index (χ3n) is 7.45. The number of rotatable bonds is 7. The smallest absolute Gasteiger partial charge is 0.309 e. The number of methoxy groups -OCH3 is 2. The largest absolute Gasteiger partial charge is 0.497 e. The van der Waals surface area contributed by atoms with E-state index in [1.807, 2.05) is 48.5 Å². The predicted octanol–water partition coefficient (Wildman–Crippen LogP) is 5.17. The molecule has 3 aliphatic rings. The van der Waals surface area contributed by atoms with Crippen molar-refractivity contribution >= 4 is 23.7 Å². The fourth-order valence-corrected chi connectivity index (χ4v) is 5.20. The van der Waals surface area contributed by atoms with Crippen molar-refractivity contribution in [1.29, 1.82) is 0 Å². The molecule has 36 heavy (non-hydrogen) atoms. The third kappa shape index (κ3) is 4.87. The van der Waals surface area contributed by atoms with E-state index >= 15 is 0 Å². The normalized spacial score (nSPS) is 22.4. The summed E-state index contributed by atoms with van der Waals surface area (Å²) in [5.41, 5.74) is 4.13. The maximum atomic E-state index is 13.3. The lowest BCUT2D eigenvalue weighted by molar-refractivity contribution is -0.158. The minimum absolute atomic E-state index is 0.0679. The Morgan fingerprint density at radius 3 is 2.22 bits per heavy atom. The number of hydrogen-bond acceptors (Lipinski definition) is 6. The molecule has 2 unspecified atom stereocenters. The van der Waals surface area contributed by atoms with Gasteiger partial charge in [0, 0.05) is 5.92 Å². The average molecular weight is 489 g/mol. The van der Waals surface area contributed by atoms with Crippen LogP contribution in [-0.4, -0.2) is 43.4 Å². The summed E-state index contributed by atoms with van der Waals surface area (Å²) in [6.45, 7) is -0.289. The number of carbonyl (C=O) groups excluding carboxylic acids is 2. The molecule has 2 fully saturated rings. The van der Waals surface area contributed by atoms with E-state index in [2.05, 4.69) is 6.08 Å².